The van der Waals surface area contributed by atoms with E-state index in [-0.39, 0.29) is 0 Å². The van der Waals surface area contributed by atoms with Gasteiger partial charge in [0.25, 0.3) is 0 Å². The Hall–Kier alpha value is -0.180. The first-order chi connectivity index (χ1) is 8.65. The van der Waals surface area contributed by atoms with Crippen LogP contribution in [0.3, 0.4) is 0 Å². The summed E-state index contributed by atoms with van der Waals surface area (Å²) in [6.45, 7) is 7.91. The molecule has 0 aliphatic carbocycles. The Morgan fingerprint density at radius 1 is 1.44 bits per heavy atom. The average Bonchev–Trinajstić information content (AvgIpc) is 2.36. The van der Waals surface area contributed by atoms with E-state index in [0.29, 0.717) is 17.2 Å². The zero-order valence-electron chi connectivity index (χ0n) is 11.4. The van der Waals surface area contributed by atoms with Crippen LogP contribution < -0.4 is 5.32 Å². The van der Waals surface area contributed by atoms with E-state index in [1.165, 1.54) is 17.5 Å². The lowest BCUT2D eigenvalue weighted by Crippen LogP contribution is -2.36. The Bertz CT molecular complexity index is 405. The van der Waals surface area contributed by atoms with Crippen LogP contribution in [0.5, 0.6) is 0 Å². The molecule has 1 aromatic carbocycles. The van der Waals surface area contributed by atoms with E-state index in [0.717, 1.165) is 17.3 Å². The highest BCUT2D eigenvalue weighted by molar-refractivity contribution is 7.99. The molecule has 0 fully saturated rings. The van der Waals surface area contributed by atoms with Crippen molar-refractivity contribution < 1.29 is 0 Å². The van der Waals surface area contributed by atoms with Gasteiger partial charge in [0, 0.05) is 22.1 Å². The molecule has 1 aliphatic rings. The van der Waals surface area contributed by atoms with Crippen LogP contribution in [0.25, 0.3) is 0 Å². The third-order valence-electron chi connectivity index (χ3n) is 3.51. The average molecular weight is 284 g/mol. The van der Waals surface area contributed by atoms with E-state index in [4.69, 9.17) is 11.6 Å². The second kappa shape index (κ2) is 6.31. The van der Waals surface area contributed by atoms with Gasteiger partial charge in [0.05, 0.1) is 0 Å². The largest absolute Gasteiger partial charge is 0.309 e. The summed E-state index contributed by atoms with van der Waals surface area (Å²) in [6.07, 6.45) is 1.17. The molecule has 100 valence electrons. The summed E-state index contributed by atoms with van der Waals surface area (Å²) in [6, 6.07) is 6.77. The van der Waals surface area contributed by atoms with Gasteiger partial charge in [-0.25, -0.2) is 0 Å². The van der Waals surface area contributed by atoms with Crippen LogP contribution in [-0.2, 0) is 5.75 Å². The first-order valence-electron chi connectivity index (χ1n) is 6.77. The van der Waals surface area contributed by atoms with E-state index >= 15 is 0 Å². The van der Waals surface area contributed by atoms with Crippen LogP contribution in [0.4, 0.5) is 0 Å². The Labute approximate surface area is 120 Å². The van der Waals surface area contributed by atoms with Gasteiger partial charge in [-0.15, -0.1) is 0 Å². The summed E-state index contributed by atoms with van der Waals surface area (Å²) < 4.78 is 0. The number of nitrogens with one attached hydrogen (secondary N) is 1. The fourth-order valence-corrected chi connectivity index (χ4v) is 4.40. The SMILES string of the molecule is CCCNC1c2cccc(Cl)c2CSC1C(C)C. The lowest BCUT2D eigenvalue weighted by Gasteiger charge is -2.36. The Morgan fingerprint density at radius 2 is 2.22 bits per heavy atom. The molecule has 0 aromatic heterocycles. The highest BCUT2D eigenvalue weighted by Gasteiger charge is 2.32. The first kappa shape index (κ1) is 14.2. The quantitative estimate of drug-likeness (QED) is 0.863. The Balaban J connectivity index is 2.32. The summed E-state index contributed by atoms with van der Waals surface area (Å²) in [4.78, 5) is 0. The highest BCUT2D eigenvalue weighted by atomic mass is 35.5. The van der Waals surface area contributed by atoms with Gasteiger partial charge in [-0.3, -0.25) is 0 Å². The summed E-state index contributed by atoms with van der Waals surface area (Å²) >= 11 is 8.37. The van der Waals surface area contributed by atoms with E-state index < -0.39 is 0 Å². The monoisotopic (exact) mass is 283 g/mol. The molecule has 3 heteroatoms. The smallest absolute Gasteiger partial charge is 0.0449 e. The topological polar surface area (TPSA) is 12.0 Å². The number of hydrogen-bond donors (Lipinski definition) is 1. The highest BCUT2D eigenvalue weighted by Crippen LogP contribution is 2.43. The number of hydrogen-bond acceptors (Lipinski definition) is 2. The minimum Gasteiger partial charge on any atom is -0.309 e. The molecule has 0 bridgehead atoms. The van der Waals surface area contributed by atoms with Crippen molar-refractivity contribution in [3.8, 4) is 0 Å². The number of halogens is 1. The van der Waals surface area contributed by atoms with Gasteiger partial charge < -0.3 is 5.32 Å². The predicted octanol–water partition coefficient (Wildman–Crippen LogP) is 4.65. The van der Waals surface area contributed by atoms with E-state index in [9.17, 15) is 0 Å². The van der Waals surface area contributed by atoms with Gasteiger partial charge in [-0.2, -0.15) is 11.8 Å². The zero-order chi connectivity index (χ0) is 13.1. The number of benzene rings is 1. The van der Waals surface area contributed by atoms with Gasteiger partial charge >= 0.3 is 0 Å². The van der Waals surface area contributed by atoms with Crippen LogP contribution >= 0.6 is 23.4 Å². The molecule has 0 radical (unpaired) electrons. The van der Waals surface area contributed by atoms with Crippen LogP contribution in [-0.4, -0.2) is 11.8 Å². The minimum absolute atomic E-state index is 0.442. The fraction of sp³-hybridized carbons (Fsp3) is 0.600. The van der Waals surface area contributed by atoms with Gasteiger partial charge in [0.15, 0.2) is 0 Å². The molecule has 2 unspecified atom stereocenters. The van der Waals surface area contributed by atoms with Crippen LogP contribution in [0.1, 0.15) is 44.4 Å². The molecule has 1 heterocycles. The molecular formula is C15H22ClNS. The third kappa shape index (κ3) is 2.87. The lowest BCUT2D eigenvalue weighted by atomic mass is 9.92. The molecule has 18 heavy (non-hydrogen) atoms. The van der Waals surface area contributed by atoms with Crippen molar-refractivity contribution in [3.05, 3.63) is 34.3 Å². The van der Waals surface area contributed by atoms with Crippen molar-refractivity contribution in [2.75, 3.05) is 6.54 Å². The third-order valence-corrected chi connectivity index (χ3v) is 5.52. The molecule has 2 rings (SSSR count). The summed E-state index contributed by atoms with van der Waals surface area (Å²) in [7, 11) is 0. The molecule has 0 saturated carbocycles. The number of fused-ring (bicyclic) bond motifs is 1. The summed E-state index contributed by atoms with van der Waals surface area (Å²) in [5, 5.41) is 5.27. The molecule has 0 amide bonds. The molecule has 0 saturated heterocycles. The van der Waals surface area contributed by atoms with Gasteiger partial charge in [-0.05, 0) is 36.1 Å². The van der Waals surface area contributed by atoms with Crippen LogP contribution in [0, 0.1) is 5.92 Å². The Morgan fingerprint density at radius 3 is 2.89 bits per heavy atom. The van der Waals surface area contributed by atoms with Crippen molar-refractivity contribution in [1.82, 2.24) is 5.32 Å². The molecular weight excluding hydrogens is 262 g/mol. The van der Waals surface area contributed by atoms with Crippen molar-refractivity contribution in [2.24, 2.45) is 5.92 Å². The minimum atomic E-state index is 0.442. The maximum atomic E-state index is 6.33. The van der Waals surface area contributed by atoms with Crippen molar-refractivity contribution in [1.29, 1.82) is 0 Å². The molecule has 1 aromatic rings. The Kier molecular flexibility index (Phi) is 4.99. The maximum absolute atomic E-state index is 6.33. The molecule has 0 spiro atoms. The zero-order valence-corrected chi connectivity index (χ0v) is 12.9. The van der Waals surface area contributed by atoms with E-state index in [2.05, 4.69) is 38.2 Å². The number of thioether (sulfide) groups is 1. The summed E-state index contributed by atoms with van der Waals surface area (Å²) in [5.41, 5.74) is 2.74. The van der Waals surface area contributed by atoms with Gasteiger partial charge in [0.1, 0.15) is 0 Å². The normalized spacial score (nSPS) is 23.2. The lowest BCUT2D eigenvalue weighted by molar-refractivity contribution is 0.438. The van der Waals surface area contributed by atoms with E-state index in [1.54, 1.807) is 0 Å². The van der Waals surface area contributed by atoms with Crippen molar-refractivity contribution >= 4 is 23.4 Å². The van der Waals surface area contributed by atoms with Crippen LogP contribution in [0.15, 0.2) is 18.2 Å². The standard InChI is InChI=1S/C15H22ClNS/c1-4-8-17-14-11-6-5-7-13(16)12(11)9-18-15(14)10(2)3/h5-7,10,14-15,17H,4,8-9H2,1-3H3. The second-order valence-corrected chi connectivity index (χ2v) is 6.83. The maximum Gasteiger partial charge on any atom is 0.0449 e. The first-order valence-corrected chi connectivity index (χ1v) is 8.20. The molecule has 1 aliphatic heterocycles. The van der Waals surface area contributed by atoms with Crippen molar-refractivity contribution in [2.45, 2.75) is 44.2 Å². The van der Waals surface area contributed by atoms with Crippen molar-refractivity contribution in [3.63, 3.8) is 0 Å². The summed E-state index contributed by atoms with van der Waals surface area (Å²) in [5.74, 6) is 1.72. The molecule has 1 nitrogen and oxygen atoms in total. The molecule has 2 atom stereocenters. The number of rotatable bonds is 4. The predicted molar refractivity (Wildman–Crippen MR) is 82.4 cm³/mol. The molecule has 1 N–H and O–H groups in total. The second-order valence-electron chi connectivity index (χ2n) is 5.26. The van der Waals surface area contributed by atoms with Gasteiger partial charge in [0.2, 0.25) is 0 Å². The fourth-order valence-electron chi connectivity index (χ4n) is 2.58. The van der Waals surface area contributed by atoms with Crippen LogP contribution in [0.2, 0.25) is 5.02 Å². The van der Waals surface area contributed by atoms with E-state index in [1.807, 2.05) is 17.8 Å². The van der Waals surface area contributed by atoms with Gasteiger partial charge in [-0.1, -0.05) is 44.5 Å².